The Morgan fingerprint density at radius 1 is 1.40 bits per heavy atom. The van der Waals surface area contributed by atoms with Crippen molar-refractivity contribution in [3.05, 3.63) is 11.3 Å². The molecular weight excluding hydrogens is 204 g/mol. The predicted molar refractivity (Wildman–Crippen MR) is 47.3 cm³/mol. The normalized spacial score (nSPS) is 25.8. The lowest BCUT2D eigenvalue weighted by Gasteiger charge is -2.19. The lowest BCUT2D eigenvalue weighted by molar-refractivity contribution is -0.153. The number of rotatable bonds is 3. The standard InChI is InChI=1S/C9H10O6/c1-2-9(8(14)15)3-4(7(12)13)5(10)6(9)11/h10H,2-3H2,1H3,(H,12,13)(H,14,15). The fourth-order valence-electron chi connectivity index (χ4n) is 1.62. The monoisotopic (exact) mass is 214 g/mol. The molecule has 0 amide bonds. The minimum Gasteiger partial charge on any atom is -0.504 e. The zero-order valence-electron chi connectivity index (χ0n) is 7.98. The summed E-state index contributed by atoms with van der Waals surface area (Å²) in [5.41, 5.74) is -2.33. The topological polar surface area (TPSA) is 112 Å². The third-order valence-electron chi connectivity index (χ3n) is 2.69. The van der Waals surface area contributed by atoms with E-state index >= 15 is 0 Å². The maximum atomic E-state index is 11.5. The van der Waals surface area contributed by atoms with Crippen LogP contribution in [0, 0.1) is 5.41 Å². The number of hydrogen-bond acceptors (Lipinski definition) is 4. The summed E-state index contributed by atoms with van der Waals surface area (Å²) < 4.78 is 0. The molecule has 0 aromatic rings. The molecule has 1 atom stereocenters. The van der Waals surface area contributed by atoms with Gasteiger partial charge < -0.3 is 15.3 Å². The minimum absolute atomic E-state index is 0.0536. The number of allylic oxidation sites excluding steroid dienone is 1. The molecule has 1 aliphatic rings. The summed E-state index contributed by atoms with van der Waals surface area (Å²) in [5.74, 6) is -4.82. The van der Waals surface area contributed by atoms with E-state index in [0.29, 0.717) is 0 Å². The van der Waals surface area contributed by atoms with Crippen molar-refractivity contribution < 1.29 is 29.7 Å². The fraction of sp³-hybridized carbons (Fsp3) is 0.444. The number of carboxylic acid groups (broad SMARTS) is 2. The van der Waals surface area contributed by atoms with E-state index in [2.05, 4.69) is 0 Å². The highest BCUT2D eigenvalue weighted by Crippen LogP contribution is 2.40. The number of aliphatic hydroxyl groups is 1. The third kappa shape index (κ3) is 1.38. The van der Waals surface area contributed by atoms with Gasteiger partial charge in [-0.3, -0.25) is 9.59 Å². The summed E-state index contributed by atoms with van der Waals surface area (Å²) in [6, 6.07) is 0. The summed E-state index contributed by atoms with van der Waals surface area (Å²) in [7, 11) is 0. The first kappa shape index (κ1) is 11.2. The maximum Gasteiger partial charge on any atom is 0.335 e. The summed E-state index contributed by atoms with van der Waals surface area (Å²) in [5, 5.41) is 26.8. The summed E-state index contributed by atoms with van der Waals surface area (Å²) in [4.78, 5) is 33.0. The Labute approximate surface area is 84.8 Å². The summed E-state index contributed by atoms with van der Waals surface area (Å²) in [6.45, 7) is 1.46. The second-order valence-electron chi connectivity index (χ2n) is 3.38. The van der Waals surface area contributed by atoms with Crippen molar-refractivity contribution in [2.45, 2.75) is 19.8 Å². The molecule has 0 aromatic heterocycles. The van der Waals surface area contributed by atoms with Gasteiger partial charge in [0.15, 0.2) is 5.76 Å². The second kappa shape index (κ2) is 3.38. The molecule has 0 saturated heterocycles. The zero-order chi connectivity index (χ0) is 11.8. The van der Waals surface area contributed by atoms with E-state index in [9.17, 15) is 19.5 Å². The Balaban J connectivity index is 3.22. The fourth-order valence-corrected chi connectivity index (χ4v) is 1.62. The van der Waals surface area contributed by atoms with Crippen molar-refractivity contribution in [3.8, 4) is 0 Å². The average Bonchev–Trinajstić information content (AvgIpc) is 2.42. The van der Waals surface area contributed by atoms with E-state index < -0.39 is 40.9 Å². The van der Waals surface area contributed by atoms with Crippen molar-refractivity contribution in [1.29, 1.82) is 0 Å². The first-order valence-corrected chi connectivity index (χ1v) is 4.30. The highest BCUT2D eigenvalue weighted by Gasteiger charge is 2.53. The lowest BCUT2D eigenvalue weighted by Crippen LogP contribution is -2.36. The molecule has 0 saturated carbocycles. The van der Waals surface area contributed by atoms with Gasteiger partial charge in [-0.1, -0.05) is 6.92 Å². The summed E-state index contributed by atoms with van der Waals surface area (Å²) in [6.07, 6.45) is -0.513. The molecule has 1 aliphatic carbocycles. The quantitative estimate of drug-likeness (QED) is 0.584. The van der Waals surface area contributed by atoms with Crippen molar-refractivity contribution in [1.82, 2.24) is 0 Å². The number of aliphatic hydroxyl groups excluding tert-OH is 1. The van der Waals surface area contributed by atoms with Crippen molar-refractivity contribution >= 4 is 17.7 Å². The van der Waals surface area contributed by atoms with Gasteiger partial charge in [-0.05, 0) is 6.42 Å². The molecule has 0 fully saturated rings. The zero-order valence-corrected chi connectivity index (χ0v) is 7.98. The van der Waals surface area contributed by atoms with Crippen molar-refractivity contribution in [2.75, 3.05) is 0 Å². The largest absolute Gasteiger partial charge is 0.504 e. The van der Waals surface area contributed by atoms with E-state index in [1.165, 1.54) is 6.92 Å². The molecule has 1 unspecified atom stereocenters. The van der Waals surface area contributed by atoms with Gasteiger partial charge in [0.25, 0.3) is 0 Å². The van der Waals surface area contributed by atoms with E-state index in [1.54, 1.807) is 0 Å². The Hall–Kier alpha value is -1.85. The number of aliphatic carboxylic acids is 2. The molecule has 0 radical (unpaired) electrons. The van der Waals surface area contributed by atoms with Crippen LogP contribution < -0.4 is 0 Å². The number of carbonyl (C=O) groups excluding carboxylic acids is 1. The molecule has 1 rings (SSSR count). The molecule has 6 nitrogen and oxygen atoms in total. The van der Waals surface area contributed by atoms with Gasteiger partial charge in [-0.2, -0.15) is 0 Å². The number of Topliss-reactive ketones (excluding diaryl/α,β-unsaturated/α-hetero) is 1. The van der Waals surface area contributed by atoms with Gasteiger partial charge in [0.2, 0.25) is 5.78 Å². The van der Waals surface area contributed by atoms with Crippen LogP contribution in [0.3, 0.4) is 0 Å². The van der Waals surface area contributed by atoms with Crippen LogP contribution in [0.2, 0.25) is 0 Å². The molecule has 0 aliphatic heterocycles. The van der Waals surface area contributed by atoms with E-state index in [1.807, 2.05) is 0 Å². The second-order valence-corrected chi connectivity index (χ2v) is 3.38. The van der Waals surface area contributed by atoms with Crippen LogP contribution in [0.4, 0.5) is 0 Å². The average molecular weight is 214 g/mol. The molecule has 15 heavy (non-hydrogen) atoms. The number of ketones is 1. The predicted octanol–water partition coefficient (Wildman–Crippen LogP) is 0.337. The number of carbonyl (C=O) groups is 3. The molecular formula is C9H10O6. The number of hydrogen-bond donors (Lipinski definition) is 3. The Morgan fingerprint density at radius 2 is 1.93 bits per heavy atom. The molecule has 0 bridgehead atoms. The minimum atomic E-state index is -1.81. The molecule has 82 valence electrons. The van der Waals surface area contributed by atoms with Crippen LogP contribution in [0.5, 0.6) is 0 Å². The first-order chi connectivity index (χ1) is 6.86. The van der Waals surface area contributed by atoms with E-state index in [4.69, 9.17) is 10.2 Å². The molecule has 0 aromatic carbocycles. The highest BCUT2D eigenvalue weighted by atomic mass is 16.4. The number of carboxylic acids is 2. The van der Waals surface area contributed by atoms with Gasteiger partial charge in [0, 0.05) is 6.42 Å². The van der Waals surface area contributed by atoms with Crippen molar-refractivity contribution in [2.24, 2.45) is 5.41 Å². The van der Waals surface area contributed by atoms with E-state index in [-0.39, 0.29) is 6.42 Å². The van der Waals surface area contributed by atoms with Crippen molar-refractivity contribution in [3.63, 3.8) is 0 Å². The highest BCUT2D eigenvalue weighted by molar-refractivity contribution is 6.17. The van der Waals surface area contributed by atoms with Gasteiger partial charge in [-0.15, -0.1) is 0 Å². The third-order valence-corrected chi connectivity index (χ3v) is 2.69. The van der Waals surface area contributed by atoms with Gasteiger partial charge in [0.1, 0.15) is 5.41 Å². The van der Waals surface area contributed by atoms with E-state index in [0.717, 1.165) is 0 Å². The Kier molecular flexibility index (Phi) is 2.53. The first-order valence-electron chi connectivity index (χ1n) is 4.30. The molecule has 0 spiro atoms. The van der Waals surface area contributed by atoms with Crippen LogP contribution in [0.25, 0.3) is 0 Å². The smallest absolute Gasteiger partial charge is 0.335 e. The maximum absolute atomic E-state index is 11.5. The molecule has 3 N–H and O–H groups in total. The van der Waals surface area contributed by atoms with Crippen LogP contribution >= 0.6 is 0 Å². The molecule has 6 heteroatoms. The Bertz CT molecular complexity index is 380. The van der Waals surface area contributed by atoms with Gasteiger partial charge >= 0.3 is 11.9 Å². The molecule has 0 heterocycles. The summed E-state index contributed by atoms with van der Waals surface area (Å²) >= 11 is 0. The van der Waals surface area contributed by atoms with Crippen LogP contribution in [-0.2, 0) is 14.4 Å². The van der Waals surface area contributed by atoms with Gasteiger partial charge in [-0.25, -0.2) is 4.79 Å². The Morgan fingerprint density at radius 3 is 2.13 bits per heavy atom. The van der Waals surface area contributed by atoms with Gasteiger partial charge in [0.05, 0.1) is 5.57 Å². The SMILES string of the molecule is CCC1(C(=O)O)CC(C(=O)O)=C(O)C1=O. The lowest BCUT2D eigenvalue weighted by atomic mass is 9.81. The van der Waals surface area contributed by atoms with Crippen LogP contribution in [-0.4, -0.2) is 33.0 Å². The van der Waals surface area contributed by atoms with Crippen LogP contribution in [0.15, 0.2) is 11.3 Å². The van der Waals surface area contributed by atoms with Crippen LogP contribution in [0.1, 0.15) is 19.8 Å².